The Morgan fingerprint density at radius 1 is 1.43 bits per heavy atom. The van der Waals surface area contributed by atoms with E-state index in [9.17, 15) is 0 Å². The molecule has 0 amide bonds. The van der Waals surface area contributed by atoms with Gasteiger partial charge in [-0.05, 0) is 6.42 Å². The van der Waals surface area contributed by atoms with Gasteiger partial charge in [0, 0.05) is 7.11 Å². The van der Waals surface area contributed by atoms with Crippen molar-refractivity contribution in [3.63, 3.8) is 0 Å². The molecule has 0 saturated carbocycles. The number of rotatable bonds is 1. The van der Waals surface area contributed by atoms with E-state index in [1.165, 1.54) is 12.7 Å². The van der Waals surface area contributed by atoms with E-state index in [1.54, 1.807) is 18.1 Å². The van der Waals surface area contributed by atoms with Crippen LogP contribution >= 0.6 is 0 Å². The van der Waals surface area contributed by atoms with Gasteiger partial charge in [-0.2, -0.15) is 0 Å². The average molecular weight is 191 g/mol. The van der Waals surface area contributed by atoms with Crippen molar-refractivity contribution in [3.8, 4) is 0 Å². The summed E-state index contributed by atoms with van der Waals surface area (Å²) >= 11 is 0. The summed E-state index contributed by atoms with van der Waals surface area (Å²) in [6.45, 7) is 3.43. The van der Waals surface area contributed by atoms with Gasteiger partial charge in [0.2, 0.25) is 0 Å². The standard InChI is InChI=1S/C9H11B.C2H7NO/c1-10-7-6-8-4-2-3-5-9(8)10;1-4-2-3/h2-5H,6-7H2,1H3;2-3H2,1H3. The molecule has 0 spiro atoms. The molecule has 2 N–H and O–H groups in total. The van der Waals surface area contributed by atoms with Crippen LogP contribution in [0, 0.1) is 0 Å². The fourth-order valence-electron chi connectivity index (χ4n) is 1.77. The third-order valence-electron chi connectivity index (χ3n) is 2.60. The monoisotopic (exact) mass is 191 g/mol. The van der Waals surface area contributed by atoms with E-state index in [1.807, 2.05) is 0 Å². The van der Waals surface area contributed by atoms with Gasteiger partial charge >= 0.3 is 0 Å². The molecule has 1 heterocycles. The van der Waals surface area contributed by atoms with Crippen LogP contribution in [0.15, 0.2) is 24.3 Å². The van der Waals surface area contributed by atoms with Crippen LogP contribution in [-0.4, -0.2) is 20.6 Å². The summed E-state index contributed by atoms with van der Waals surface area (Å²) in [5.41, 5.74) is 7.94. The van der Waals surface area contributed by atoms with Crippen LogP contribution in [0.25, 0.3) is 0 Å². The minimum Gasteiger partial charge on any atom is -0.370 e. The topological polar surface area (TPSA) is 35.2 Å². The number of aryl methyl sites for hydroxylation is 1. The molecule has 2 rings (SSSR count). The highest BCUT2D eigenvalue weighted by molar-refractivity contribution is 6.73. The van der Waals surface area contributed by atoms with Gasteiger partial charge in [0.05, 0.1) is 6.73 Å². The largest absolute Gasteiger partial charge is 0.370 e. The first kappa shape index (κ1) is 11.3. The lowest BCUT2D eigenvalue weighted by Crippen LogP contribution is -2.21. The maximum Gasteiger partial charge on any atom is 0.173 e. The van der Waals surface area contributed by atoms with E-state index < -0.39 is 0 Å². The lowest BCUT2D eigenvalue weighted by atomic mass is 9.48. The number of ether oxygens (including phenoxy) is 1. The summed E-state index contributed by atoms with van der Waals surface area (Å²) in [6, 6.07) is 8.78. The lowest BCUT2D eigenvalue weighted by Gasteiger charge is -1.98. The van der Waals surface area contributed by atoms with Crippen LogP contribution in [0.4, 0.5) is 0 Å². The Morgan fingerprint density at radius 2 is 2.07 bits per heavy atom. The summed E-state index contributed by atoms with van der Waals surface area (Å²) in [5.74, 6) is 0. The van der Waals surface area contributed by atoms with Crippen molar-refractivity contribution >= 4 is 12.2 Å². The molecule has 14 heavy (non-hydrogen) atoms. The van der Waals surface area contributed by atoms with Crippen molar-refractivity contribution in [2.24, 2.45) is 5.73 Å². The van der Waals surface area contributed by atoms with Gasteiger partial charge in [-0.1, -0.05) is 48.4 Å². The second kappa shape index (κ2) is 5.84. The summed E-state index contributed by atoms with van der Waals surface area (Å²) in [7, 11) is 1.56. The molecule has 0 saturated heterocycles. The Labute approximate surface area is 86.5 Å². The lowest BCUT2D eigenvalue weighted by molar-refractivity contribution is 0.207. The Hall–Kier alpha value is -0.795. The van der Waals surface area contributed by atoms with E-state index in [0.717, 1.165) is 6.71 Å². The fraction of sp³-hybridized carbons (Fsp3) is 0.455. The molecule has 1 aromatic rings. The number of hydrogen-bond donors (Lipinski definition) is 1. The molecule has 1 aromatic carbocycles. The molecule has 76 valence electrons. The zero-order valence-corrected chi connectivity index (χ0v) is 8.99. The van der Waals surface area contributed by atoms with E-state index in [-0.39, 0.29) is 0 Å². The molecular weight excluding hydrogens is 173 g/mol. The van der Waals surface area contributed by atoms with Gasteiger partial charge in [-0.15, -0.1) is 0 Å². The van der Waals surface area contributed by atoms with Crippen molar-refractivity contribution < 1.29 is 4.74 Å². The number of hydrogen-bond acceptors (Lipinski definition) is 2. The Balaban J connectivity index is 0.000000213. The number of benzene rings is 1. The van der Waals surface area contributed by atoms with Gasteiger partial charge in [0.25, 0.3) is 0 Å². The van der Waals surface area contributed by atoms with Crippen LogP contribution in [0.5, 0.6) is 0 Å². The van der Waals surface area contributed by atoms with Crippen LogP contribution in [0.2, 0.25) is 13.1 Å². The van der Waals surface area contributed by atoms with Crippen LogP contribution < -0.4 is 11.2 Å². The third-order valence-corrected chi connectivity index (χ3v) is 2.60. The third kappa shape index (κ3) is 2.86. The Kier molecular flexibility index (Phi) is 4.70. The molecule has 2 nitrogen and oxygen atoms in total. The van der Waals surface area contributed by atoms with E-state index in [2.05, 4.69) is 35.8 Å². The molecule has 3 heteroatoms. The highest BCUT2D eigenvalue weighted by Gasteiger charge is 2.19. The number of nitrogens with two attached hydrogens (primary N) is 1. The normalized spacial score (nSPS) is 13.2. The molecule has 1 aliphatic rings. The van der Waals surface area contributed by atoms with Crippen molar-refractivity contribution in [2.75, 3.05) is 13.8 Å². The zero-order valence-electron chi connectivity index (χ0n) is 8.99. The highest BCUT2D eigenvalue weighted by atomic mass is 16.5. The molecule has 0 atom stereocenters. The fourth-order valence-corrected chi connectivity index (χ4v) is 1.77. The van der Waals surface area contributed by atoms with Gasteiger partial charge in [-0.25, -0.2) is 0 Å². The first-order chi connectivity index (χ1) is 6.79. The molecule has 0 unspecified atom stereocenters. The van der Waals surface area contributed by atoms with Gasteiger partial charge < -0.3 is 10.5 Å². The minimum absolute atomic E-state index is 0.319. The molecule has 0 fully saturated rings. The average Bonchev–Trinajstić information content (AvgIpc) is 2.62. The van der Waals surface area contributed by atoms with Gasteiger partial charge in [-0.3, -0.25) is 0 Å². The number of fused-ring (bicyclic) bond motifs is 1. The maximum atomic E-state index is 4.81. The molecule has 0 aromatic heterocycles. The van der Waals surface area contributed by atoms with E-state index in [4.69, 9.17) is 5.73 Å². The van der Waals surface area contributed by atoms with Gasteiger partial charge in [0.15, 0.2) is 6.71 Å². The smallest absolute Gasteiger partial charge is 0.173 e. The van der Waals surface area contributed by atoms with Crippen LogP contribution in [-0.2, 0) is 11.2 Å². The first-order valence-corrected chi connectivity index (χ1v) is 5.06. The molecule has 0 radical (unpaired) electrons. The molecular formula is C11H18BNO. The van der Waals surface area contributed by atoms with E-state index in [0.29, 0.717) is 6.73 Å². The zero-order chi connectivity index (χ0) is 10.4. The molecule has 0 bridgehead atoms. The highest BCUT2D eigenvalue weighted by Crippen LogP contribution is 2.12. The predicted molar refractivity (Wildman–Crippen MR) is 62.3 cm³/mol. The van der Waals surface area contributed by atoms with Crippen molar-refractivity contribution in [1.82, 2.24) is 0 Å². The Morgan fingerprint density at radius 3 is 2.64 bits per heavy atom. The van der Waals surface area contributed by atoms with Crippen LogP contribution in [0.1, 0.15) is 5.56 Å². The predicted octanol–water partition coefficient (Wildman–Crippen LogP) is 1.12. The Bertz CT molecular complexity index is 276. The summed E-state index contributed by atoms with van der Waals surface area (Å²) < 4.78 is 4.32. The number of methoxy groups -OCH3 is 1. The molecule has 1 aliphatic heterocycles. The van der Waals surface area contributed by atoms with Crippen molar-refractivity contribution in [1.29, 1.82) is 0 Å². The van der Waals surface area contributed by atoms with Crippen molar-refractivity contribution in [2.45, 2.75) is 19.6 Å². The molecule has 0 aliphatic carbocycles. The quantitative estimate of drug-likeness (QED) is 0.533. The first-order valence-electron chi connectivity index (χ1n) is 5.06. The summed E-state index contributed by atoms with van der Waals surface area (Å²) in [6.07, 6.45) is 2.64. The summed E-state index contributed by atoms with van der Waals surface area (Å²) in [4.78, 5) is 0. The van der Waals surface area contributed by atoms with Gasteiger partial charge in [0.1, 0.15) is 0 Å². The minimum atomic E-state index is 0.319. The SMILES string of the molecule is CB1CCc2ccccc21.COCN. The summed E-state index contributed by atoms with van der Waals surface area (Å²) in [5, 5.41) is 0. The second-order valence-electron chi connectivity index (χ2n) is 3.59. The van der Waals surface area contributed by atoms with E-state index >= 15 is 0 Å². The van der Waals surface area contributed by atoms with Crippen LogP contribution in [0.3, 0.4) is 0 Å². The second-order valence-corrected chi connectivity index (χ2v) is 3.59. The van der Waals surface area contributed by atoms with Crippen molar-refractivity contribution in [3.05, 3.63) is 29.8 Å². The maximum absolute atomic E-state index is 4.81.